The average molecular weight is 174 g/mol. The standard InChI is InChI=1S/C7H14N2O3/c10-3-4-12-7(11)9-6-1-2-8-5-6/h6,8,10H,1-5H2,(H,9,11)/t6-/m1/s1. The summed E-state index contributed by atoms with van der Waals surface area (Å²) in [6, 6.07) is 0.177. The van der Waals surface area contributed by atoms with Gasteiger partial charge >= 0.3 is 6.09 Å². The van der Waals surface area contributed by atoms with Gasteiger partial charge in [0.25, 0.3) is 0 Å². The molecule has 0 unspecified atom stereocenters. The quantitative estimate of drug-likeness (QED) is 0.517. The van der Waals surface area contributed by atoms with Crippen molar-refractivity contribution in [1.29, 1.82) is 0 Å². The third kappa shape index (κ3) is 3.06. The molecule has 70 valence electrons. The van der Waals surface area contributed by atoms with Gasteiger partial charge in [-0.05, 0) is 13.0 Å². The highest BCUT2D eigenvalue weighted by molar-refractivity contribution is 5.67. The van der Waals surface area contributed by atoms with Gasteiger partial charge in [0.2, 0.25) is 0 Å². The number of hydrogen-bond donors (Lipinski definition) is 3. The molecule has 0 aromatic carbocycles. The number of nitrogens with one attached hydrogen (secondary N) is 2. The van der Waals surface area contributed by atoms with Gasteiger partial charge in [0.15, 0.2) is 0 Å². The number of ether oxygens (including phenoxy) is 1. The van der Waals surface area contributed by atoms with E-state index in [0.29, 0.717) is 0 Å². The van der Waals surface area contributed by atoms with Gasteiger partial charge in [0.05, 0.1) is 6.61 Å². The Morgan fingerprint density at radius 2 is 2.58 bits per heavy atom. The van der Waals surface area contributed by atoms with E-state index < -0.39 is 6.09 Å². The van der Waals surface area contributed by atoms with Crippen molar-refractivity contribution >= 4 is 6.09 Å². The Bertz CT molecular complexity index is 146. The molecule has 0 aliphatic carbocycles. The predicted molar refractivity (Wildman–Crippen MR) is 42.8 cm³/mol. The number of alkyl carbamates (subject to hydrolysis) is 1. The number of hydrogen-bond acceptors (Lipinski definition) is 4. The molecule has 12 heavy (non-hydrogen) atoms. The van der Waals surface area contributed by atoms with Crippen LogP contribution in [0.2, 0.25) is 0 Å². The number of rotatable bonds is 3. The van der Waals surface area contributed by atoms with Crippen LogP contribution in [0.25, 0.3) is 0 Å². The molecule has 1 amide bonds. The van der Waals surface area contributed by atoms with Crippen LogP contribution in [0.5, 0.6) is 0 Å². The maximum absolute atomic E-state index is 10.9. The molecule has 0 radical (unpaired) electrons. The minimum absolute atomic E-state index is 0.0615. The Morgan fingerprint density at radius 1 is 1.75 bits per heavy atom. The van der Waals surface area contributed by atoms with Gasteiger partial charge in [0.1, 0.15) is 6.61 Å². The fraction of sp³-hybridized carbons (Fsp3) is 0.857. The van der Waals surface area contributed by atoms with E-state index in [0.717, 1.165) is 19.5 Å². The number of aliphatic hydroxyl groups is 1. The molecule has 1 rings (SSSR count). The monoisotopic (exact) mass is 174 g/mol. The summed E-state index contributed by atoms with van der Waals surface area (Å²) < 4.78 is 4.63. The lowest BCUT2D eigenvalue weighted by Crippen LogP contribution is -2.36. The first-order valence-electron chi connectivity index (χ1n) is 4.08. The van der Waals surface area contributed by atoms with Gasteiger partial charge in [-0.3, -0.25) is 0 Å². The van der Waals surface area contributed by atoms with E-state index in [9.17, 15) is 4.79 Å². The van der Waals surface area contributed by atoms with Crippen molar-refractivity contribution in [3.63, 3.8) is 0 Å². The number of carbonyl (C=O) groups is 1. The second-order valence-corrected chi connectivity index (χ2v) is 2.69. The van der Waals surface area contributed by atoms with Crippen LogP contribution in [0.4, 0.5) is 4.79 Å². The highest BCUT2D eigenvalue weighted by Gasteiger charge is 2.16. The zero-order valence-electron chi connectivity index (χ0n) is 6.88. The van der Waals surface area contributed by atoms with Gasteiger partial charge in [0, 0.05) is 12.6 Å². The first-order valence-corrected chi connectivity index (χ1v) is 4.08. The van der Waals surface area contributed by atoms with E-state index in [1.165, 1.54) is 0 Å². The van der Waals surface area contributed by atoms with E-state index in [-0.39, 0.29) is 19.3 Å². The smallest absolute Gasteiger partial charge is 0.407 e. The highest BCUT2D eigenvalue weighted by atomic mass is 16.6. The number of amides is 1. The van der Waals surface area contributed by atoms with Gasteiger partial charge < -0.3 is 20.5 Å². The summed E-state index contributed by atoms with van der Waals surface area (Å²) in [7, 11) is 0. The van der Waals surface area contributed by atoms with Crippen molar-refractivity contribution in [3.8, 4) is 0 Å². The Kier molecular flexibility index (Phi) is 3.83. The van der Waals surface area contributed by atoms with Crippen molar-refractivity contribution in [1.82, 2.24) is 10.6 Å². The van der Waals surface area contributed by atoms with Crippen molar-refractivity contribution in [2.75, 3.05) is 26.3 Å². The molecule has 0 aromatic heterocycles. The van der Waals surface area contributed by atoms with Crippen LogP contribution in [0.3, 0.4) is 0 Å². The van der Waals surface area contributed by atoms with Crippen LogP contribution >= 0.6 is 0 Å². The molecule has 1 heterocycles. The number of carbonyl (C=O) groups excluding carboxylic acids is 1. The molecule has 1 aliphatic heterocycles. The molecule has 0 saturated carbocycles. The molecule has 1 saturated heterocycles. The molecular formula is C7H14N2O3. The maximum Gasteiger partial charge on any atom is 0.407 e. The predicted octanol–water partition coefficient (Wildman–Crippen LogP) is -0.933. The fourth-order valence-corrected chi connectivity index (χ4v) is 1.12. The van der Waals surface area contributed by atoms with Gasteiger partial charge in [-0.1, -0.05) is 0 Å². The Hall–Kier alpha value is -0.810. The van der Waals surface area contributed by atoms with E-state index in [2.05, 4.69) is 15.4 Å². The molecule has 0 aromatic rings. The lowest BCUT2D eigenvalue weighted by molar-refractivity contribution is 0.116. The van der Waals surface area contributed by atoms with E-state index in [1.807, 2.05) is 0 Å². The Labute approximate surface area is 71.1 Å². The van der Waals surface area contributed by atoms with Crippen molar-refractivity contribution in [2.24, 2.45) is 0 Å². The molecular weight excluding hydrogens is 160 g/mol. The summed E-state index contributed by atoms with van der Waals surface area (Å²) in [5.74, 6) is 0. The average Bonchev–Trinajstić information content (AvgIpc) is 2.53. The van der Waals surface area contributed by atoms with Crippen LogP contribution in [0.1, 0.15) is 6.42 Å². The van der Waals surface area contributed by atoms with Crippen LogP contribution in [0.15, 0.2) is 0 Å². The zero-order chi connectivity index (χ0) is 8.81. The van der Waals surface area contributed by atoms with Gasteiger partial charge in [-0.25, -0.2) is 4.79 Å². The van der Waals surface area contributed by atoms with Crippen LogP contribution in [-0.4, -0.2) is 43.5 Å². The number of aliphatic hydroxyl groups excluding tert-OH is 1. The summed E-state index contributed by atoms with van der Waals surface area (Å²) in [5.41, 5.74) is 0. The minimum atomic E-state index is -0.447. The third-order valence-electron chi connectivity index (χ3n) is 1.71. The summed E-state index contributed by atoms with van der Waals surface area (Å²) in [6.45, 7) is 1.67. The minimum Gasteiger partial charge on any atom is -0.447 e. The molecule has 5 heteroatoms. The molecule has 5 nitrogen and oxygen atoms in total. The molecule has 0 bridgehead atoms. The molecule has 1 fully saturated rings. The summed E-state index contributed by atoms with van der Waals surface area (Å²) in [5, 5.41) is 14.2. The topological polar surface area (TPSA) is 70.6 Å². The van der Waals surface area contributed by atoms with E-state index in [4.69, 9.17) is 5.11 Å². The Balaban J connectivity index is 2.08. The van der Waals surface area contributed by atoms with E-state index in [1.54, 1.807) is 0 Å². The highest BCUT2D eigenvalue weighted by Crippen LogP contribution is 1.96. The summed E-state index contributed by atoms with van der Waals surface area (Å²) in [6.07, 6.45) is 0.492. The largest absolute Gasteiger partial charge is 0.447 e. The van der Waals surface area contributed by atoms with Crippen LogP contribution in [0, 0.1) is 0 Å². The molecule has 3 N–H and O–H groups in total. The van der Waals surface area contributed by atoms with Crippen LogP contribution < -0.4 is 10.6 Å². The fourth-order valence-electron chi connectivity index (χ4n) is 1.12. The van der Waals surface area contributed by atoms with Crippen molar-refractivity contribution < 1.29 is 14.6 Å². The van der Waals surface area contributed by atoms with E-state index >= 15 is 0 Å². The molecule has 1 aliphatic rings. The second-order valence-electron chi connectivity index (χ2n) is 2.69. The molecule has 0 spiro atoms. The SMILES string of the molecule is O=C(N[C@@H]1CCNC1)OCCO. The molecule has 1 atom stereocenters. The lowest BCUT2D eigenvalue weighted by Gasteiger charge is -2.10. The normalized spacial score (nSPS) is 22.2. The Morgan fingerprint density at radius 3 is 3.17 bits per heavy atom. The van der Waals surface area contributed by atoms with Gasteiger partial charge in [-0.15, -0.1) is 0 Å². The van der Waals surface area contributed by atoms with Crippen LogP contribution in [-0.2, 0) is 4.74 Å². The van der Waals surface area contributed by atoms with Crippen molar-refractivity contribution in [2.45, 2.75) is 12.5 Å². The zero-order valence-corrected chi connectivity index (χ0v) is 6.88. The van der Waals surface area contributed by atoms with Crippen molar-refractivity contribution in [3.05, 3.63) is 0 Å². The maximum atomic E-state index is 10.9. The first kappa shape index (κ1) is 9.28. The summed E-state index contributed by atoms with van der Waals surface area (Å²) >= 11 is 0. The van der Waals surface area contributed by atoms with Gasteiger partial charge in [-0.2, -0.15) is 0 Å². The third-order valence-corrected chi connectivity index (χ3v) is 1.71. The first-order chi connectivity index (χ1) is 5.83. The second kappa shape index (κ2) is 4.95. The lowest BCUT2D eigenvalue weighted by atomic mass is 10.3. The summed E-state index contributed by atoms with van der Waals surface area (Å²) in [4.78, 5) is 10.9.